The molecule has 1 amide bonds. The van der Waals surface area contributed by atoms with Crippen molar-refractivity contribution in [3.05, 3.63) is 63.9 Å². The first-order valence-corrected chi connectivity index (χ1v) is 13.9. The van der Waals surface area contributed by atoms with E-state index in [-0.39, 0.29) is 28.8 Å². The van der Waals surface area contributed by atoms with Crippen molar-refractivity contribution in [3.8, 4) is 5.69 Å². The molecule has 204 valence electrons. The van der Waals surface area contributed by atoms with E-state index in [0.29, 0.717) is 30.6 Å². The van der Waals surface area contributed by atoms with E-state index in [9.17, 15) is 18.4 Å². The molecule has 39 heavy (non-hydrogen) atoms. The summed E-state index contributed by atoms with van der Waals surface area (Å²) in [6, 6.07) is 6.32. The zero-order valence-corrected chi connectivity index (χ0v) is 21.8. The quantitative estimate of drug-likeness (QED) is 0.501. The second-order valence-electron chi connectivity index (χ2n) is 12.4. The molecule has 4 fully saturated rings. The van der Waals surface area contributed by atoms with Crippen LogP contribution >= 0.6 is 0 Å². The number of hydrogen-bond acceptors (Lipinski definition) is 4. The Kier molecular flexibility index (Phi) is 5.58. The molecule has 3 aliphatic carbocycles. The van der Waals surface area contributed by atoms with E-state index < -0.39 is 34.7 Å². The van der Waals surface area contributed by atoms with Crippen LogP contribution in [0.2, 0.25) is 0 Å². The lowest BCUT2D eigenvalue weighted by Crippen LogP contribution is -2.51. The molecule has 0 spiro atoms. The maximum absolute atomic E-state index is 15.0. The highest BCUT2D eigenvalue weighted by atomic mass is 19.1. The number of benzene rings is 1. The molecule has 9 heteroatoms. The Morgan fingerprint density at radius 1 is 1.10 bits per heavy atom. The maximum atomic E-state index is 15.0. The Balaban J connectivity index is 1.31. The number of pyridine rings is 2. The van der Waals surface area contributed by atoms with E-state index in [4.69, 9.17) is 0 Å². The molecule has 6 atom stereocenters. The third-order valence-electron chi connectivity index (χ3n) is 9.63. The molecule has 3 aromatic rings. The Labute approximate surface area is 224 Å². The monoisotopic (exact) mass is 536 g/mol. The number of anilines is 1. The highest BCUT2D eigenvalue weighted by Crippen LogP contribution is 2.60. The lowest BCUT2D eigenvalue weighted by atomic mass is 9.62. The molecule has 3 heterocycles. The van der Waals surface area contributed by atoms with E-state index in [1.165, 1.54) is 36.1 Å². The van der Waals surface area contributed by atoms with Gasteiger partial charge in [-0.15, -0.1) is 0 Å². The molecule has 0 radical (unpaired) electrons. The van der Waals surface area contributed by atoms with Crippen LogP contribution in [-0.2, 0) is 0 Å². The zero-order valence-electron chi connectivity index (χ0n) is 21.8. The second kappa shape index (κ2) is 8.83. The summed E-state index contributed by atoms with van der Waals surface area (Å²) in [5.41, 5.74) is -0.968. The van der Waals surface area contributed by atoms with E-state index in [1.54, 1.807) is 17.0 Å². The van der Waals surface area contributed by atoms with Crippen LogP contribution in [0.1, 0.15) is 55.8 Å². The molecule has 2 bridgehead atoms. The fraction of sp³-hybridized carbons (Fsp3) is 0.500. The van der Waals surface area contributed by atoms with Gasteiger partial charge in [0.1, 0.15) is 29.2 Å². The van der Waals surface area contributed by atoms with Gasteiger partial charge in [0.2, 0.25) is 5.43 Å². The van der Waals surface area contributed by atoms with E-state index in [2.05, 4.69) is 17.2 Å². The number of nitrogens with zero attached hydrogens (tertiary/aromatic N) is 3. The lowest BCUT2D eigenvalue weighted by Gasteiger charge is -2.46. The number of carbonyl (C=O) groups excluding carboxylic acids is 1. The van der Waals surface area contributed by atoms with E-state index in [1.807, 2.05) is 0 Å². The van der Waals surface area contributed by atoms with Gasteiger partial charge in [0.05, 0.1) is 17.6 Å². The van der Waals surface area contributed by atoms with Gasteiger partial charge in [0, 0.05) is 24.3 Å². The van der Waals surface area contributed by atoms with E-state index in [0.717, 1.165) is 36.8 Å². The minimum atomic E-state index is -0.975. The van der Waals surface area contributed by atoms with Crippen molar-refractivity contribution in [1.82, 2.24) is 14.9 Å². The summed E-state index contributed by atoms with van der Waals surface area (Å²) < 4.78 is 44.0. The molecule has 1 N–H and O–H groups in total. The molecule has 1 aromatic carbocycles. The van der Waals surface area contributed by atoms with Gasteiger partial charge in [-0.25, -0.2) is 18.2 Å². The molecule has 4 aliphatic rings. The second-order valence-corrected chi connectivity index (χ2v) is 12.4. The summed E-state index contributed by atoms with van der Waals surface area (Å²) in [6.45, 7) is 2.72. The number of carbonyl (C=O) groups is 1. The molecule has 1 aliphatic heterocycles. The standard InChI is InChI=1S/C30H31F3N4O2/c1-30(12-16-8-17-10-18(13-30)22(17)9-16)35-29(39)23-15-37(25-4-2-19(31)11-24(25)33)28-21(27(23)38)3-5-26(34-28)36-7-6-20(32)14-36/h2-5,11,15-18,20,22H,6-10,12-14H2,1H3,(H,35,39)/t16?,17?,18?,20-,22?,30?/m0/s1. The number of rotatable bonds is 4. The number of hydrogen-bond donors (Lipinski definition) is 1. The Morgan fingerprint density at radius 2 is 1.95 bits per heavy atom. The fourth-order valence-corrected chi connectivity index (χ4v) is 7.95. The van der Waals surface area contributed by atoms with E-state index >= 15 is 4.39 Å². The minimum Gasteiger partial charge on any atom is -0.354 e. The van der Waals surface area contributed by atoms with Crippen molar-refractivity contribution < 1.29 is 18.0 Å². The van der Waals surface area contributed by atoms with Gasteiger partial charge < -0.3 is 10.2 Å². The first-order chi connectivity index (χ1) is 18.7. The highest BCUT2D eigenvalue weighted by molar-refractivity contribution is 5.97. The fourth-order valence-electron chi connectivity index (χ4n) is 7.95. The number of halogens is 3. The van der Waals surface area contributed by atoms with Gasteiger partial charge in [-0.1, -0.05) is 0 Å². The predicted molar refractivity (Wildman–Crippen MR) is 142 cm³/mol. The molecule has 6 nitrogen and oxygen atoms in total. The normalized spacial score (nSPS) is 31.3. The lowest BCUT2D eigenvalue weighted by molar-refractivity contribution is 0.0570. The summed E-state index contributed by atoms with van der Waals surface area (Å²) in [5.74, 6) is 1.14. The van der Waals surface area contributed by atoms with Gasteiger partial charge >= 0.3 is 0 Å². The molecule has 7 rings (SSSR count). The first kappa shape index (κ1) is 24.7. The van der Waals surface area contributed by atoms with Crippen LogP contribution < -0.4 is 15.6 Å². The number of amides is 1. The largest absolute Gasteiger partial charge is 0.354 e. The molecular formula is C30H31F3N4O2. The number of aromatic nitrogens is 2. The SMILES string of the molecule is CC1(NC(=O)c2cn(-c3ccc(F)cc3F)c3nc(N4CC[C@H](F)C4)ccc3c2=O)CC2CC3CC(C1)C3C2. The predicted octanol–water partition coefficient (Wildman–Crippen LogP) is 5.16. The summed E-state index contributed by atoms with van der Waals surface area (Å²) in [4.78, 5) is 33.7. The third-order valence-corrected chi connectivity index (χ3v) is 9.63. The first-order valence-electron chi connectivity index (χ1n) is 13.9. The molecule has 1 saturated heterocycles. The molecule has 5 unspecified atom stereocenters. The van der Waals surface area contributed by atoms with Crippen LogP contribution in [0.4, 0.5) is 19.0 Å². The van der Waals surface area contributed by atoms with Crippen LogP contribution in [0.25, 0.3) is 16.7 Å². The van der Waals surface area contributed by atoms with Crippen molar-refractivity contribution in [2.24, 2.45) is 23.7 Å². The number of nitrogens with one attached hydrogen (secondary N) is 1. The molecular weight excluding hydrogens is 505 g/mol. The number of fused-ring (bicyclic) bond motifs is 2. The summed E-state index contributed by atoms with van der Waals surface area (Å²) in [6.07, 6.45) is 6.13. The molecule has 2 aromatic heterocycles. The average Bonchev–Trinajstić information content (AvgIpc) is 3.42. The Hall–Kier alpha value is -3.36. The summed E-state index contributed by atoms with van der Waals surface area (Å²) >= 11 is 0. The van der Waals surface area contributed by atoms with Gasteiger partial charge in [0.15, 0.2) is 5.65 Å². The zero-order chi connectivity index (χ0) is 27.1. The smallest absolute Gasteiger partial charge is 0.257 e. The molecule has 3 saturated carbocycles. The van der Waals surface area contributed by atoms with Gasteiger partial charge in [0.25, 0.3) is 5.91 Å². The van der Waals surface area contributed by atoms with Crippen LogP contribution in [0.3, 0.4) is 0 Å². The van der Waals surface area contributed by atoms with Crippen molar-refractivity contribution in [2.75, 3.05) is 18.0 Å². The van der Waals surface area contributed by atoms with Crippen LogP contribution in [0.15, 0.2) is 41.3 Å². The van der Waals surface area contributed by atoms with Gasteiger partial charge in [-0.2, -0.15) is 0 Å². The summed E-state index contributed by atoms with van der Waals surface area (Å²) in [5, 5.41) is 3.32. The van der Waals surface area contributed by atoms with Crippen molar-refractivity contribution in [3.63, 3.8) is 0 Å². The van der Waals surface area contributed by atoms with Crippen molar-refractivity contribution in [2.45, 2.75) is 57.2 Å². The van der Waals surface area contributed by atoms with Crippen LogP contribution in [0.5, 0.6) is 0 Å². The third kappa shape index (κ3) is 4.12. The topological polar surface area (TPSA) is 67.2 Å². The van der Waals surface area contributed by atoms with Crippen LogP contribution in [-0.4, -0.2) is 40.3 Å². The van der Waals surface area contributed by atoms with Gasteiger partial charge in [-0.05, 0) is 93.4 Å². The highest BCUT2D eigenvalue weighted by Gasteiger charge is 2.53. The van der Waals surface area contributed by atoms with Crippen LogP contribution in [0, 0.1) is 35.3 Å². The minimum absolute atomic E-state index is 0.0385. The van der Waals surface area contributed by atoms with Gasteiger partial charge in [-0.3, -0.25) is 14.2 Å². The Bertz CT molecular complexity index is 1550. The maximum Gasteiger partial charge on any atom is 0.257 e. The Morgan fingerprint density at radius 3 is 2.72 bits per heavy atom. The van der Waals surface area contributed by atoms with Crippen molar-refractivity contribution >= 4 is 22.8 Å². The average molecular weight is 537 g/mol. The summed E-state index contributed by atoms with van der Waals surface area (Å²) in [7, 11) is 0. The van der Waals surface area contributed by atoms with Crippen molar-refractivity contribution in [1.29, 1.82) is 0 Å². The number of alkyl halides is 1.